The molecule has 0 spiro atoms. The molecule has 0 unspecified atom stereocenters. The zero-order chi connectivity index (χ0) is 16.8. The summed E-state index contributed by atoms with van der Waals surface area (Å²) in [5, 5.41) is 0. The third-order valence-electron chi connectivity index (χ3n) is 3.10. The van der Waals surface area contributed by atoms with Crippen LogP contribution in [0.5, 0.6) is 11.5 Å². The normalized spacial score (nSPS) is 10.0. The summed E-state index contributed by atoms with van der Waals surface area (Å²) in [5.74, 6) is -0.852. The van der Waals surface area contributed by atoms with Crippen LogP contribution in [0.4, 0.5) is 4.39 Å². The van der Waals surface area contributed by atoms with Crippen LogP contribution in [0.2, 0.25) is 0 Å². The summed E-state index contributed by atoms with van der Waals surface area (Å²) in [6.07, 6.45) is 0. The third-order valence-corrected chi connectivity index (χ3v) is 3.10. The smallest absolute Gasteiger partial charge is 0.338 e. The van der Waals surface area contributed by atoms with Crippen molar-refractivity contribution in [2.75, 3.05) is 20.8 Å². The van der Waals surface area contributed by atoms with Gasteiger partial charge in [-0.2, -0.15) is 0 Å². The average Bonchev–Trinajstić information content (AvgIpc) is 2.58. The second-order valence-corrected chi connectivity index (χ2v) is 4.58. The molecule has 0 N–H and O–H groups in total. The molecule has 0 atom stereocenters. The van der Waals surface area contributed by atoms with Crippen molar-refractivity contribution in [2.24, 2.45) is 0 Å². The topological polar surface area (TPSA) is 61.8 Å². The Bertz CT molecular complexity index is 727. The molecule has 0 aromatic heterocycles. The summed E-state index contributed by atoms with van der Waals surface area (Å²) in [5.41, 5.74) is 0.361. The van der Waals surface area contributed by atoms with Gasteiger partial charge in [0.25, 0.3) is 0 Å². The Morgan fingerprint density at radius 1 is 0.957 bits per heavy atom. The Morgan fingerprint density at radius 3 is 2.35 bits per heavy atom. The summed E-state index contributed by atoms with van der Waals surface area (Å²) in [7, 11) is 2.92. The van der Waals surface area contributed by atoms with Gasteiger partial charge in [0.1, 0.15) is 5.82 Å². The number of hydrogen-bond donors (Lipinski definition) is 0. The first-order valence-electron chi connectivity index (χ1n) is 6.73. The van der Waals surface area contributed by atoms with Crippen molar-refractivity contribution in [1.29, 1.82) is 0 Å². The molecule has 120 valence electrons. The highest BCUT2D eigenvalue weighted by molar-refractivity contribution is 5.99. The van der Waals surface area contributed by atoms with Crippen molar-refractivity contribution >= 4 is 11.8 Å². The van der Waals surface area contributed by atoms with Gasteiger partial charge >= 0.3 is 5.97 Å². The molecule has 0 saturated carbocycles. The van der Waals surface area contributed by atoms with Crippen molar-refractivity contribution in [3.05, 3.63) is 59.4 Å². The van der Waals surface area contributed by atoms with E-state index in [0.29, 0.717) is 11.5 Å². The second-order valence-electron chi connectivity index (χ2n) is 4.58. The van der Waals surface area contributed by atoms with Gasteiger partial charge in [-0.05, 0) is 30.3 Å². The molecule has 0 fully saturated rings. The largest absolute Gasteiger partial charge is 0.493 e. The third kappa shape index (κ3) is 4.06. The maximum absolute atomic E-state index is 13.1. The van der Waals surface area contributed by atoms with E-state index in [9.17, 15) is 14.0 Å². The Kier molecular flexibility index (Phi) is 5.30. The van der Waals surface area contributed by atoms with E-state index >= 15 is 0 Å². The molecule has 0 amide bonds. The highest BCUT2D eigenvalue weighted by Gasteiger charge is 2.14. The van der Waals surface area contributed by atoms with E-state index in [1.807, 2.05) is 0 Å². The van der Waals surface area contributed by atoms with Crippen LogP contribution in [0.25, 0.3) is 0 Å². The predicted octanol–water partition coefficient (Wildman–Crippen LogP) is 2.88. The van der Waals surface area contributed by atoms with Crippen LogP contribution in [-0.4, -0.2) is 32.6 Å². The SMILES string of the molecule is COc1ccc(C(=O)OCC(=O)c2cccc(F)c2)cc1OC. The predicted molar refractivity (Wildman–Crippen MR) is 80.6 cm³/mol. The monoisotopic (exact) mass is 318 g/mol. The molecule has 2 aromatic rings. The maximum Gasteiger partial charge on any atom is 0.338 e. The van der Waals surface area contributed by atoms with Gasteiger partial charge in [-0.25, -0.2) is 9.18 Å². The molecule has 0 aliphatic rings. The summed E-state index contributed by atoms with van der Waals surface area (Å²) in [6, 6.07) is 9.70. The van der Waals surface area contributed by atoms with Gasteiger partial charge in [0.2, 0.25) is 0 Å². The molecule has 0 radical (unpaired) electrons. The van der Waals surface area contributed by atoms with Crippen LogP contribution in [0.15, 0.2) is 42.5 Å². The van der Waals surface area contributed by atoms with Gasteiger partial charge in [-0.3, -0.25) is 4.79 Å². The van der Waals surface area contributed by atoms with Gasteiger partial charge in [-0.15, -0.1) is 0 Å². The van der Waals surface area contributed by atoms with Crippen molar-refractivity contribution in [1.82, 2.24) is 0 Å². The fraction of sp³-hybridized carbons (Fsp3) is 0.176. The zero-order valence-corrected chi connectivity index (χ0v) is 12.7. The fourth-order valence-electron chi connectivity index (χ4n) is 1.92. The lowest BCUT2D eigenvalue weighted by Crippen LogP contribution is -2.14. The first-order chi connectivity index (χ1) is 11.0. The molecule has 6 heteroatoms. The standard InChI is InChI=1S/C17H15FO5/c1-21-15-7-6-12(9-16(15)22-2)17(20)23-10-14(19)11-4-3-5-13(18)8-11/h3-9H,10H2,1-2H3. The lowest BCUT2D eigenvalue weighted by molar-refractivity contribution is 0.0474. The van der Waals surface area contributed by atoms with Crippen molar-refractivity contribution in [3.63, 3.8) is 0 Å². The molecule has 0 heterocycles. The molecular formula is C17H15FO5. The van der Waals surface area contributed by atoms with E-state index in [4.69, 9.17) is 14.2 Å². The quantitative estimate of drug-likeness (QED) is 0.605. The Balaban J connectivity index is 2.03. The summed E-state index contributed by atoms with van der Waals surface area (Å²) >= 11 is 0. The van der Waals surface area contributed by atoms with E-state index in [2.05, 4.69) is 0 Å². The number of Topliss-reactive ketones (excluding diaryl/α,β-unsaturated/α-hetero) is 1. The minimum atomic E-state index is -0.685. The van der Waals surface area contributed by atoms with Crippen molar-refractivity contribution in [2.45, 2.75) is 0 Å². The van der Waals surface area contributed by atoms with Crippen LogP contribution in [-0.2, 0) is 4.74 Å². The van der Waals surface area contributed by atoms with Crippen LogP contribution in [0, 0.1) is 5.82 Å². The lowest BCUT2D eigenvalue weighted by atomic mass is 10.1. The zero-order valence-electron chi connectivity index (χ0n) is 12.7. The first kappa shape index (κ1) is 16.5. The number of rotatable bonds is 6. The van der Waals surface area contributed by atoms with E-state index in [0.717, 1.165) is 6.07 Å². The molecular weight excluding hydrogens is 303 g/mol. The number of esters is 1. The van der Waals surface area contributed by atoms with E-state index in [-0.39, 0.29) is 11.1 Å². The fourth-order valence-corrected chi connectivity index (χ4v) is 1.92. The van der Waals surface area contributed by atoms with Crippen LogP contribution in [0.1, 0.15) is 20.7 Å². The Morgan fingerprint density at radius 2 is 1.70 bits per heavy atom. The van der Waals surface area contributed by atoms with Crippen molar-refractivity contribution < 1.29 is 28.2 Å². The van der Waals surface area contributed by atoms with Gasteiger partial charge in [-0.1, -0.05) is 12.1 Å². The number of halogens is 1. The number of ketones is 1. The van der Waals surface area contributed by atoms with Gasteiger partial charge in [0.15, 0.2) is 23.9 Å². The minimum absolute atomic E-state index is 0.144. The molecule has 0 aliphatic carbocycles. The molecule has 0 bridgehead atoms. The molecule has 0 aliphatic heterocycles. The second kappa shape index (κ2) is 7.40. The van der Waals surface area contributed by atoms with Gasteiger partial charge in [0.05, 0.1) is 19.8 Å². The highest BCUT2D eigenvalue weighted by atomic mass is 19.1. The number of carbonyl (C=O) groups excluding carboxylic acids is 2. The van der Waals surface area contributed by atoms with E-state index < -0.39 is 24.2 Å². The summed E-state index contributed by atoms with van der Waals surface area (Å²) in [6.45, 7) is -0.476. The van der Waals surface area contributed by atoms with Crippen LogP contribution < -0.4 is 9.47 Å². The average molecular weight is 318 g/mol. The number of hydrogen-bond acceptors (Lipinski definition) is 5. The molecule has 23 heavy (non-hydrogen) atoms. The maximum atomic E-state index is 13.1. The van der Waals surface area contributed by atoms with E-state index in [1.165, 1.54) is 44.6 Å². The number of benzene rings is 2. The minimum Gasteiger partial charge on any atom is -0.493 e. The summed E-state index contributed by atoms with van der Waals surface area (Å²) < 4.78 is 28.2. The van der Waals surface area contributed by atoms with E-state index in [1.54, 1.807) is 6.07 Å². The first-order valence-corrected chi connectivity index (χ1v) is 6.73. The van der Waals surface area contributed by atoms with Crippen LogP contribution >= 0.6 is 0 Å². The summed E-state index contributed by atoms with van der Waals surface area (Å²) in [4.78, 5) is 23.8. The molecule has 2 rings (SSSR count). The number of methoxy groups -OCH3 is 2. The Labute approximate surface area is 132 Å². The molecule has 0 saturated heterocycles. The number of carbonyl (C=O) groups is 2. The lowest BCUT2D eigenvalue weighted by Gasteiger charge is -2.09. The number of ether oxygens (including phenoxy) is 3. The Hall–Kier alpha value is -2.89. The highest BCUT2D eigenvalue weighted by Crippen LogP contribution is 2.27. The van der Waals surface area contributed by atoms with Gasteiger partial charge < -0.3 is 14.2 Å². The molecule has 2 aromatic carbocycles. The molecule has 5 nitrogen and oxygen atoms in total. The van der Waals surface area contributed by atoms with Gasteiger partial charge in [0, 0.05) is 5.56 Å². The van der Waals surface area contributed by atoms with Crippen LogP contribution in [0.3, 0.4) is 0 Å². The van der Waals surface area contributed by atoms with Crippen molar-refractivity contribution in [3.8, 4) is 11.5 Å².